The standard InChI is InChI=1S/C10H12O.3CO.Fe/c1-9(11)7-8-10-5-3-2-4-6-10;3*1-2;/h2-3,5,7-8H,4,6H2,1H3;;;;/b8-7+;;;;. The summed E-state index contributed by atoms with van der Waals surface area (Å²) in [6.45, 7) is 15.1. The molecule has 0 aromatic heterocycles. The Bertz CT molecular complexity index is 246. The molecule has 4 radical (unpaired) electrons. The van der Waals surface area contributed by atoms with Gasteiger partial charge in [0, 0.05) is 23.0 Å². The number of rotatable bonds is 2. The van der Waals surface area contributed by atoms with Crippen LogP contribution in [-0.4, -0.2) is 5.78 Å². The molecule has 96 valence electrons. The molecule has 0 heterocycles. The van der Waals surface area contributed by atoms with Crippen molar-refractivity contribution in [2.24, 2.45) is 0 Å². The maximum atomic E-state index is 10.6. The molecule has 0 aliphatic heterocycles. The summed E-state index contributed by atoms with van der Waals surface area (Å²) in [6.07, 6.45) is 11.9. The van der Waals surface area contributed by atoms with Gasteiger partial charge in [-0.05, 0) is 45.1 Å². The molecule has 1 saturated carbocycles. The number of carbonyl (C=O) groups is 1. The molecule has 0 aromatic rings. The fraction of sp³-hybridized carbons (Fsp3) is 0.231. The van der Waals surface area contributed by atoms with Crippen molar-refractivity contribution in [3.63, 3.8) is 0 Å². The molecular formula is C13H12FeO4. The second-order valence-corrected chi connectivity index (χ2v) is 2.65. The van der Waals surface area contributed by atoms with Gasteiger partial charge in [-0.25, -0.2) is 0 Å². The van der Waals surface area contributed by atoms with Crippen LogP contribution in [0.25, 0.3) is 0 Å². The number of ketones is 1. The van der Waals surface area contributed by atoms with E-state index < -0.39 is 0 Å². The first kappa shape index (κ1) is 25.9. The predicted molar refractivity (Wildman–Crippen MR) is 57.0 cm³/mol. The van der Waals surface area contributed by atoms with Gasteiger partial charge in [0.15, 0.2) is 5.78 Å². The van der Waals surface area contributed by atoms with E-state index in [2.05, 4.69) is 26.4 Å². The molecule has 18 heavy (non-hydrogen) atoms. The first-order valence-electron chi connectivity index (χ1n) is 4.44. The zero-order valence-electron chi connectivity index (χ0n) is 9.79. The fourth-order valence-electron chi connectivity index (χ4n) is 0.984. The van der Waals surface area contributed by atoms with Crippen LogP contribution in [0.4, 0.5) is 0 Å². The SMILES string of the molecule is CC(=O)/C=C/[C]1[CH][CH][CH]CC1.[C-]#[O+].[C-]#[O+].[C-]#[O+].[Fe]. The summed E-state index contributed by atoms with van der Waals surface area (Å²) in [6, 6.07) is 0. The molecule has 0 bridgehead atoms. The molecule has 1 aliphatic rings. The molecule has 1 rings (SSSR count). The van der Waals surface area contributed by atoms with E-state index in [9.17, 15) is 4.79 Å². The van der Waals surface area contributed by atoms with Crippen LogP contribution in [0, 0.1) is 45.1 Å². The minimum Gasteiger partial charge on any atom is 0 e. The Hall–Kier alpha value is -0.851. The van der Waals surface area contributed by atoms with Crippen LogP contribution in [0.5, 0.6) is 0 Å². The summed E-state index contributed by atoms with van der Waals surface area (Å²) in [7, 11) is 0. The molecule has 0 amide bonds. The molecule has 0 N–H and O–H groups in total. The Kier molecular flexibility index (Phi) is 36.1. The topological polar surface area (TPSA) is 76.8 Å². The molecule has 1 aliphatic carbocycles. The Balaban J connectivity index is -0.000000123. The minimum atomic E-state index is 0. The van der Waals surface area contributed by atoms with Gasteiger partial charge in [-0.1, -0.05) is 6.08 Å². The van der Waals surface area contributed by atoms with E-state index in [0.29, 0.717) is 0 Å². The van der Waals surface area contributed by atoms with Crippen LogP contribution in [0.15, 0.2) is 12.2 Å². The minimum absolute atomic E-state index is 0. The second kappa shape index (κ2) is 25.1. The molecule has 4 nitrogen and oxygen atoms in total. The summed E-state index contributed by atoms with van der Waals surface area (Å²) in [5.41, 5.74) is 0. The maximum Gasteiger partial charge on any atom is 0 e. The summed E-state index contributed by atoms with van der Waals surface area (Å²) in [5, 5.41) is 0. The van der Waals surface area contributed by atoms with Gasteiger partial charge in [-0.3, -0.25) is 4.79 Å². The zero-order valence-corrected chi connectivity index (χ0v) is 10.9. The first-order chi connectivity index (χ1) is 8.29. The van der Waals surface area contributed by atoms with Gasteiger partial charge in [0.2, 0.25) is 0 Å². The van der Waals surface area contributed by atoms with Crippen LogP contribution in [0.3, 0.4) is 0 Å². The average molecular weight is 288 g/mol. The van der Waals surface area contributed by atoms with Crippen LogP contribution in [0.2, 0.25) is 0 Å². The van der Waals surface area contributed by atoms with E-state index in [1.165, 1.54) is 5.92 Å². The molecule has 0 unspecified atom stereocenters. The third-order valence-corrected chi connectivity index (χ3v) is 1.58. The molecule has 5 heteroatoms. The van der Waals surface area contributed by atoms with E-state index in [1.54, 1.807) is 13.0 Å². The number of hydrogen-bond acceptors (Lipinski definition) is 1. The summed E-state index contributed by atoms with van der Waals surface area (Å²) in [5.74, 6) is 1.35. The molecule has 0 saturated heterocycles. The van der Waals surface area contributed by atoms with Crippen molar-refractivity contribution in [3.8, 4) is 0 Å². The van der Waals surface area contributed by atoms with E-state index in [0.717, 1.165) is 12.8 Å². The maximum absolute atomic E-state index is 10.6. The van der Waals surface area contributed by atoms with E-state index in [1.807, 2.05) is 18.9 Å². The quantitative estimate of drug-likeness (QED) is 0.331. The number of hydrogen-bond donors (Lipinski definition) is 0. The van der Waals surface area contributed by atoms with E-state index in [4.69, 9.17) is 14.0 Å². The monoisotopic (exact) mass is 288 g/mol. The average Bonchev–Trinajstić information content (AvgIpc) is 2.44. The third-order valence-electron chi connectivity index (χ3n) is 1.58. The summed E-state index contributed by atoms with van der Waals surface area (Å²) < 4.78 is 22.5. The number of carbonyl (C=O) groups excluding carboxylic acids is 1. The van der Waals surface area contributed by atoms with Crippen molar-refractivity contribution in [1.82, 2.24) is 0 Å². The Morgan fingerprint density at radius 1 is 1.22 bits per heavy atom. The second-order valence-electron chi connectivity index (χ2n) is 2.65. The largest absolute Gasteiger partial charge is 0 e. The van der Waals surface area contributed by atoms with Gasteiger partial charge in [-0.2, -0.15) is 0 Å². The van der Waals surface area contributed by atoms with Crippen molar-refractivity contribution in [2.75, 3.05) is 0 Å². The smallest absolute Gasteiger partial charge is 0 e. The van der Waals surface area contributed by atoms with E-state index in [-0.39, 0.29) is 22.9 Å². The molecular weight excluding hydrogens is 276 g/mol. The van der Waals surface area contributed by atoms with Gasteiger partial charge in [-0.15, -0.1) is 0 Å². The predicted octanol–water partition coefficient (Wildman–Crippen LogP) is 2.00. The van der Waals surface area contributed by atoms with Crippen LogP contribution in [0.1, 0.15) is 19.8 Å². The number of allylic oxidation sites excluding steroid dienone is 2. The molecule has 1 fully saturated rings. The van der Waals surface area contributed by atoms with Crippen LogP contribution >= 0.6 is 0 Å². The molecule has 0 aromatic carbocycles. The van der Waals surface area contributed by atoms with Crippen molar-refractivity contribution in [1.29, 1.82) is 0 Å². The Morgan fingerprint density at radius 2 is 1.72 bits per heavy atom. The Labute approximate surface area is 119 Å². The van der Waals surface area contributed by atoms with E-state index >= 15 is 0 Å². The summed E-state index contributed by atoms with van der Waals surface area (Å²) in [4.78, 5) is 10.6. The van der Waals surface area contributed by atoms with Gasteiger partial charge in [0.1, 0.15) is 0 Å². The van der Waals surface area contributed by atoms with Crippen LogP contribution < -0.4 is 0 Å². The first-order valence-corrected chi connectivity index (χ1v) is 4.44. The normalized spacial score (nSPS) is 13.1. The van der Waals surface area contributed by atoms with Gasteiger partial charge in [0.05, 0.1) is 0 Å². The van der Waals surface area contributed by atoms with Gasteiger partial charge < -0.3 is 0 Å². The van der Waals surface area contributed by atoms with Crippen molar-refractivity contribution in [2.45, 2.75) is 19.8 Å². The third kappa shape index (κ3) is 20.5. The fourth-order valence-corrected chi connectivity index (χ4v) is 0.984. The van der Waals surface area contributed by atoms with Gasteiger partial charge in [0.25, 0.3) is 0 Å². The van der Waals surface area contributed by atoms with Crippen molar-refractivity contribution < 1.29 is 35.8 Å². The van der Waals surface area contributed by atoms with Crippen LogP contribution in [-0.2, 0) is 35.8 Å². The van der Waals surface area contributed by atoms with Crippen molar-refractivity contribution >= 4 is 5.78 Å². The Morgan fingerprint density at radius 3 is 2.06 bits per heavy atom. The zero-order chi connectivity index (χ0) is 14.1. The molecule has 0 spiro atoms. The van der Waals surface area contributed by atoms with Crippen molar-refractivity contribution in [3.05, 3.63) is 57.3 Å². The molecule has 0 atom stereocenters. The van der Waals surface area contributed by atoms with Gasteiger partial charge >= 0.3 is 33.9 Å². The summed E-state index contributed by atoms with van der Waals surface area (Å²) >= 11 is 0.